The number of anilines is 1. The number of amides is 2. The standard InChI is InChI=1S/C16H17N5O4/c1-9-11(5-7-23-9)13-8-14(19-25-13)18-16(22)21-6-3-4-12(21)15-17-10(2)24-20-15/h5,7-8,12H,3-4,6H2,1-2H3,(H,18,19,22)/t12-/m1/s1. The van der Waals surface area contributed by atoms with Crippen molar-refractivity contribution in [2.45, 2.75) is 32.7 Å². The molecule has 0 bridgehead atoms. The van der Waals surface area contributed by atoms with Gasteiger partial charge in [-0.05, 0) is 25.8 Å². The van der Waals surface area contributed by atoms with E-state index in [0.717, 1.165) is 24.2 Å². The Morgan fingerprint density at radius 3 is 2.92 bits per heavy atom. The van der Waals surface area contributed by atoms with E-state index in [9.17, 15) is 4.79 Å². The third kappa shape index (κ3) is 2.88. The Morgan fingerprint density at radius 2 is 2.20 bits per heavy atom. The van der Waals surface area contributed by atoms with E-state index in [1.165, 1.54) is 0 Å². The summed E-state index contributed by atoms with van der Waals surface area (Å²) in [6.07, 6.45) is 3.25. The second-order valence-electron chi connectivity index (χ2n) is 5.92. The molecule has 1 saturated heterocycles. The maximum Gasteiger partial charge on any atom is 0.323 e. The molecule has 1 aliphatic heterocycles. The number of hydrogen-bond acceptors (Lipinski definition) is 7. The molecule has 1 aliphatic rings. The van der Waals surface area contributed by atoms with Crippen molar-refractivity contribution < 1.29 is 18.3 Å². The normalized spacial score (nSPS) is 17.2. The van der Waals surface area contributed by atoms with Gasteiger partial charge in [-0.1, -0.05) is 10.3 Å². The van der Waals surface area contributed by atoms with Crippen LogP contribution in [-0.2, 0) is 0 Å². The first kappa shape index (κ1) is 15.4. The predicted octanol–water partition coefficient (Wildman–Crippen LogP) is 3.30. The summed E-state index contributed by atoms with van der Waals surface area (Å²) in [6, 6.07) is 2.99. The third-order valence-corrected chi connectivity index (χ3v) is 4.22. The van der Waals surface area contributed by atoms with Crippen LogP contribution in [0.4, 0.5) is 10.6 Å². The lowest BCUT2D eigenvalue weighted by molar-refractivity contribution is 0.203. The van der Waals surface area contributed by atoms with Gasteiger partial charge in [-0.3, -0.25) is 5.32 Å². The van der Waals surface area contributed by atoms with E-state index in [1.54, 1.807) is 30.2 Å². The zero-order valence-electron chi connectivity index (χ0n) is 13.9. The van der Waals surface area contributed by atoms with Gasteiger partial charge < -0.3 is 18.4 Å². The highest BCUT2D eigenvalue weighted by Gasteiger charge is 2.33. The quantitative estimate of drug-likeness (QED) is 0.776. The van der Waals surface area contributed by atoms with Gasteiger partial charge in [-0.15, -0.1) is 0 Å². The minimum Gasteiger partial charge on any atom is -0.469 e. The van der Waals surface area contributed by atoms with Crippen molar-refractivity contribution in [2.75, 3.05) is 11.9 Å². The smallest absolute Gasteiger partial charge is 0.323 e. The Hall–Kier alpha value is -3.10. The van der Waals surface area contributed by atoms with E-state index in [0.29, 0.717) is 29.8 Å². The fourth-order valence-corrected chi connectivity index (χ4v) is 3.01. The van der Waals surface area contributed by atoms with Gasteiger partial charge in [0.1, 0.15) is 5.76 Å². The van der Waals surface area contributed by atoms with Crippen LogP contribution in [0.25, 0.3) is 11.3 Å². The average Bonchev–Trinajstić information content (AvgIpc) is 3.33. The first-order chi connectivity index (χ1) is 12.1. The van der Waals surface area contributed by atoms with Gasteiger partial charge in [0.15, 0.2) is 17.4 Å². The highest BCUT2D eigenvalue weighted by Crippen LogP contribution is 2.31. The monoisotopic (exact) mass is 343 g/mol. The predicted molar refractivity (Wildman–Crippen MR) is 85.7 cm³/mol. The molecule has 1 fully saturated rings. The van der Waals surface area contributed by atoms with E-state index in [-0.39, 0.29) is 12.1 Å². The molecule has 25 heavy (non-hydrogen) atoms. The van der Waals surface area contributed by atoms with Crippen LogP contribution in [-0.4, -0.2) is 32.8 Å². The van der Waals surface area contributed by atoms with Crippen molar-refractivity contribution >= 4 is 11.8 Å². The topological polar surface area (TPSA) is 110 Å². The lowest BCUT2D eigenvalue weighted by Gasteiger charge is -2.21. The maximum absolute atomic E-state index is 12.6. The van der Waals surface area contributed by atoms with Gasteiger partial charge in [0.2, 0.25) is 5.89 Å². The molecule has 0 saturated carbocycles. The fourth-order valence-electron chi connectivity index (χ4n) is 3.01. The minimum atomic E-state index is -0.270. The van der Waals surface area contributed by atoms with Crippen molar-refractivity contribution in [1.29, 1.82) is 0 Å². The Morgan fingerprint density at radius 1 is 1.32 bits per heavy atom. The van der Waals surface area contributed by atoms with E-state index >= 15 is 0 Å². The van der Waals surface area contributed by atoms with Gasteiger partial charge in [0.05, 0.1) is 17.9 Å². The number of urea groups is 1. The van der Waals surface area contributed by atoms with Gasteiger partial charge in [-0.25, -0.2) is 4.79 Å². The Balaban J connectivity index is 1.48. The minimum absolute atomic E-state index is 0.195. The van der Waals surface area contributed by atoms with Gasteiger partial charge >= 0.3 is 6.03 Å². The molecule has 0 aliphatic carbocycles. The molecule has 4 rings (SSSR count). The number of furan rings is 1. The number of carbonyl (C=O) groups excluding carboxylic acids is 1. The first-order valence-corrected chi connectivity index (χ1v) is 8.01. The van der Waals surface area contributed by atoms with Crippen LogP contribution in [0.1, 0.15) is 36.4 Å². The largest absolute Gasteiger partial charge is 0.469 e. The molecule has 9 nitrogen and oxygen atoms in total. The molecule has 130 valence electrons. The van der Waals surface area contributed by atoms with Crippen molar-refractivity contribution in [2.24, 2.45) is 0 Å². The molecule has 0 spiro atoms. The highest BCUT2D eigenvalue weighted by molar-refractivity contribution is 5.89. The first-order valence-electron chi connectivity index (χ1n) is 8.01. The van der Waals surface area contributed by atoms with E-state index in [4.69, 9.17) is 13.5 Å². The van der Waals surface area contributed by atoms with Crippen LogP contribution in [0, 0.1) is 13.8 Å². The zero-order valence-corrected chi connectivity index (χ0v) is 13.9. The zero-order chi connectivity index (χ0) is 17.4. The van der Waals surface area contributed by atoms with E-state index in [2.05, 4.69) is 20.6 Å². The number of aromatic nitrogens is 3. The molecule has 0 radical (unpaired) electrons. The second kappa shape index (κ2) is 6.08. The van der Waals surface area contributed by atoms with Crippen LogP contribution >= 0.6 is 0 Å². The molecule has 4 heterocycles. The number of likely N-dealkylation sites (tertiary alicyclic amines) is 1. The van der Waals surface area contributed by atoms with Crippen molar-refractivity contribution in [3.63, 3.8) is 0 Å². The molecule has 1 N–H and O–H groups in total. The van der Waals surface area contributed by atoms with Crippen molar-refractivity contribution in [1.82, 2.24) is 20.2 Å². The van der Waals surface area contributed by atoms with Gasteiger partial charge in [0.25, 0.3) is 0 Å². The molecular formula is C16H17N5O4. The molecule has 1 atom stereocenters. The van der Waals surface area contributed by atoms with Crippen molar-refractivity contribution in [3.8, 4) is 11.3 Å². The number of nitrogens with one attached hydrogen (secondary N) is 1. The Bertz CT molecular complexity index is 896. The molecular weight excluding hydrogens is 326 g/mol. The number of aryl methyl sites for hydroxylation is 2. The third-order valence-electron chi connectivity index (χ3n) is 4.22. The SMILES string of the molecule is Cc1nc([C@H]2CCCN2C(=O)Nc2cc(-c3ccoc3C)on2)no1. The lowest BCUT2D eigenvalue weighted by Crippen LogP contribution is -2.35. The highest BCUT2D eigenvalue weighted by atomic mass is 16.5. The summed E-state index contributed by atoms with van der Waals surface area (Å²) in [5.41, 5.74) is 0.800. The molecule has 3 aromatic heterocycles. The van der Waals surface area contributed by atoms with Crippen LogP contribution < -0.4 is 5.32 Å². The van der Waals surface area contributed by atoms with Gasteiger partial charge in [-0.2, -0.15) is 4.98 Å². The van der Waals surface area contributed by atoms with Crippen LogP contribution in [0.15, 0.2) is 31.9 Å². The summed E-state index contributed by atoms with van der Waals surface area (Å²) >= 11 is 0. The summed E-state index contributed by atoms with van der Waals surface area (Å²) in [7, 11) is 0. The maximum atomic E-state index is 12.6. The summed E-state index contributed by atoms with van der Waals surface area (Å²) < 4.78 is 15.6. The van der Waals surface area contributed by atoms with E-state index < -0.39 is 0 Å². The molecule has 0 unspecified atom stereocenters. The Kier molecular flexibility index (Phi) is 3.75. The number of rotatable bonds is 3. The number of nitrogens with zero attached hydrogens (tertiary/aromatic N) is 4. The fraction of sp³-hybridized carbons (Fsp3) is 0.375. The summed E-state index contributed by atoms with van der Waals surface area (Å²) in [5, 5.41) is 10.6. The summed E-state index contributed by atoms with van der Waals surface area (Å²) in [4.78, 5) is 18.5. The summed E-state index contributed by atoms with van der Waals surface area (Å²) in [6.45, 7) is 4.18. The van der Waals surface area contributed by atoms with E-state index in [1.807, 2.05) is 6.92 Å². The second-order valence-corrected chi connectivity index (χ2v) is 5.92. The molecule has 0 aromatic carbocycles. The van der Waals surface area contributed by atoms with Crippen molar-refractivity contribution in [3.05, 3.63) is 35.9 Å². The average molecular weight is 343 g/mol. The number of carbonyl (C=O) groups is 1. The summed E-state index contributed by atoms with van der Waals surface area (Å²) in [5.74, 6) is 2.61. The lowest BCUT2D eigenvalue weighted by atomic mass is 10.2. The van der Waals surface area contributed by atoms with Gasteiger partial charge in [0, 0.05) is 19.5 Å². The molecule has 9 heteroatoms. The number of hydrogen-bond donors (Lipinski definition) is 1. The molecule has 2 amide bonds. The molecule has 3 aromatic rings. The van der Waals surface area contributed by atoms with Crippen LogP contribution in [0.5, 0.6) is 0 Å². The Labute approximate surface area is 143 Å². The van der Waals surface area contributed by atoms with Crippen LogP contribution in [0.3, 0.4) is 0 Å². The van der Waals surface area contributed by atoms with Crippen LogP contribution in [0.2, 0.25) is 0 Å².